The van der Waals surface area contributed by atoms with E-state index in [1.165, 1.54) is 14.8 Å². The second kappa shape index (κ2) is 6.45. The van der Waals surface area contributed by atoms with Gasteiger partial charge in [-0.15, -0.1) is 22.7 Å². The zero-order chi connectivity index (χ0) is 13.0. The number of rotatable bonds is 6. The van der Waals surface area contributed by atoms with E-state index in [4.69, 9.17) is 0 Å². The number of hydrogen-bond donors (Lipinski definition) is 1. The minimum Gasteiger partial charge on any atom is -0.304 e. The lowest BCUT2D eigenvalue weighted by molar-refractivity contribution is 0.602. The van der Waals surface area contributed by atoms with Crippen molar-refractivity contribution in [3.8, 4) is 0 Å². The van der Waals surface area contributed by atoms with Crippen LogP contribution in [0.3, 0.4) is 0 Å². The number of hydrogen-bond acceptors (Lipinski definition) is 4. The maximum Gasteiger partial charge on any atom is 0.115 e. The summed E-state index contributed by atoms with van der Waals surface area (Å²) in [5, 5.41) is 6.93. The Morgan fingerprint density at radius 3 is 2.72 bits per heavy atom. The Balaban J connectivity index is 2.24. The molecular weight excluding hydrogens is 260 g/mol. The first kappa shape index (κ1) is 13.7. The Labute approximate surface area is 117 Å². The normalized spacial score (nSPS) is 12.8. The number of thiophene rings is 1. The molecular formula is C14H20N2S2. The molecule has 0 saturated heterocycles. The van der Waals surface area contributed by atoms with Crippen molar-refractivity contribution in [1.82, 2.24) is 10.3 Å². The molecule has 0 aromatic carbocycles. The summed E-state index contributed by atoms with van der Waals surface area (Å²) >= 11 is 3.65. The summed E-state index contributed by atoms with van der Waals surface area (Å²) in [5.74, 6) is 0. The average Bonchev–Trinajstić information content (AvgIpc) is 2.99. The maximum atomic E-state index is 4.64. The average molecular weight is 280 g/mol. The van der Waals surface area contributed by atoms with E-state index in [2.05, 4.69) is 48.6 Å². The highest BCUT2D eigenvalue weighted by Crippen LogP contribution is 2.30. The molecule has 1 atom stereocenters. The predicted octanol–water partition coefficient (Wildman–Crippen LogP) is 4.16. The first-order valence-corrected chi connectivity index (χ1v) is 8.18. The lowest BCUT2D eigenvalue weighted by Crippen LogP contribution is -2.22. The Kier molecular flexibility index (Phi) is 4.92. The Morgan fingerprint density at radius 1 is 1.33 bits per heavy atom. The van der Waals surface area contributed by atoms with Gasteiger partial charge in [0.15, 0.2) is 0 Å². The second-order valence-corrected chi connectivity index (χ2v) is 6.46. The zero-order valence-corrected chi connectivity index (χ0v) is 12.8. The van der Waals surface area contributed by atoms with Crippen LogP contribution in [0.15, 0.2) is 17.5 Å². The first-order chi connectivity index (χ1) is 8.74. The molecule has 0 amide bonds. The Bertz CT molecular complexity index is 487. The molecule has 0 aliphatic heterocycles. The van der Waals surface area contributed by atoms with Gasteiger partial charge in [0.1, 0.15) is 5.01 Å². The van der Waals surface area contributed by atoms with Crippen LogP contribution < -0.4 is 5.32 Å². The summed E-state index contributed by atoms with van der Waals surface area (Å²) in [5.41, 5.74) is 1.12. The summed E-state index contributed by atoms with van der Waals surface area (Å²) in [6, 6.07) is 4.75. The van der Waals surface area contributed by atoms with Crippen molar-refractivity contribution in [2.24, 2.45) is 0 Å². The molecule has 18 heavy (non-hydrogen) atoms. The van der Waals surface area contributed by atoms with Crippen LogP contribution in [0.1, 0.15) is 46.8 Å². The van der Waals surface area contributed by atoms with Gasteiger partial charge in [-0.25, -0.2) is 4.98 Å². The van der Waals surface area contributed by atoms with E-state index in [1.807, 2.05) is 11.3 Å². The molecule has 98 valence electrons. The van der Waals surface area contributed by atoms with Gasteiger partial charge in [0.2, 0.25) is 0 Å². The fourth-order valence-corrected chi connectivity index (χ4v) is 3.84. The summed E-state index contributed by atoms with van der Waals surface area (Å²) in [4.78, 5) is 7.47. The van der Waals surface area contributed by atoms with E-state index in [0.717, 1.165) is 25.1 Å². The molecule has 0 aliphatic carbocycles. The topological polar surface area (TPSA) is 24.9 Å². The monoisotopic (exact) mass is 280 g/mol. The van der Waals surface area contributed by atoms with Crippen LogP contribution in [0.4, 0.5) is 0 Å². The minimum absolute atomic E-state index is 0.272. The lowest BCUT2D eigenvalue weighted by atomic mass is 10.2. The van der Waals surface area contributed by atoms with Crippen molar-refractivity contribution in [3.63, 3.8) is 0 Å². The van der Waals surface area contributed by atoms with Gasteiger partial charge in [-0.05, 0) is 38.4 Å². The molecule has 0 spiro atoms. The van der Waals surface area contributed by atoms with Gasteiger partial charge >= 0.3 is 0 Å². The van der Waals surface area contributed by atoms with Gasteiger partial charge < -0.3 is 5.32 Å². The number of thiazole rings is 1. The lowest BCUT2D eigenvalue weighted by Gasteiger charge is -2.14. The molecule has 0 bridgehead atoms. The van der Waals surface area contributed by atoms with E-state index < -0.39 is 0 Å². The van der Waals surface area contributed by atoms with Crippen molar-refractivity contribution in [2.45, 2.75) is 39.7 Å². The molecule has 2 heterocycles. The molecule has 1 N–H and O–H groups in total. The van der Waals surface area contributed by atoms with Gasteiger partial charge in [0, 0.05) is 20.8 Å². The Hall–Kier alpha value is -0.710. The highest BCUT2D eigenvalue weighted by atomic mass is 32.1. The number of nitrogens with one attached hydrogen (secondary N) is 1. The third kappa shape index (κ3) is 3.19. The smallest absolute Gasteiger partial charge is 0.115 e. The van der Waals surface area contributed by atoms with Crippen molar-refractivity contribution in [3.05, 3.63) is 38.0 Å². The SMILES string of the molecule is CCCNC(c1ccc(CC)s1)c1nc(C)cs1. The maximum absolute atomic E-state index is 4.64. The van der Waals surface area contributed by atoms with Crippen LogP contribution in [0.5, 0.6) is 0 Å². The van der Waals surface area contributed by atoms with Crippen LogP contribution in [0.25, 0.3) is 0 Å². The number of aryl methyl sites for hydroxylation is 2. The molecule has 0 saturated carbocycles. The summed E-state index contributed by atoms with van der Waals surface area (Å²) in [6.45, 7) is 7.49. The van der Waals surface area contributed by atoms with Crippen LogP contribution >= 0.6 is 22.7 Å². The summed E-state index contributed by atoms with van der Waals surface area (Å²) in [7, 11) is 0. The number of aromatic nitrogens is 1. The van der Waals surface area contributed by atoms with Crippen LogP contribution in [0.2, 0.25) is 0 Å². The standard InChI is InChI=1S/C14H20N2S2/c1-4-8-15-13(14-16-10(3)9-17-14)12-7-6-11(5-2)18-12/h6-7,9,13,15H,4-5,8H2,1-3H3. The molecule has 4 heteroatoms. The number of nitrogens with zero attached hydrogens (tertiary/aromatic N) is 1. The largest absolute Gasteiger partial charge is 0.304 e. The quantitative estimate of drug-likeness (QED) is 0.859. The summed E-state index contributed by atoms with van der Waals surface area (Å²) in [6.07, 6.45) is 2.26. The van der Waals surface area contributed by atoms with Crippen molar-refractivity contribution in [1.29, 1.82) is 0 Å². The van der Waals surface area contributed by atoms with Gasteiger partial charge in [-0.2, -0.15) is 0 Å². The molecule has 0 radical (unpaired) electrons. The molecule has 2 nitrogen and oxygen atoms in total. The Morgan fingerprint density at radius 2 is 2.17 bits per heavy atom. The zero-order valence-electron chi connectivity index (χ0n) is 11.2. The van der Waals surface area contributed by atoms with E-state index in [1.54, 1.807) is 11.3 Å². The van der Waals surface area contributed by atoms with Crippen LogP contribution in [-0.4, -0.2) is 11.5 Å². The highest BCUT2D eigenvalue weighted by Gasteiger charge is 2.18. The van der Waals surface area contributed by atoms with Crippen LogP contribution in [0, 0.1) is 6.92 Å². The van der Waals surface area contributed by atoms with Crippen molar-refractivity contribution < 1.29 is 0 Å². The fourth-order valence-electron chi connectivity index (χ4n) is 1.84. The van der Waals surface area contributed by atoms with Gasteiger partial charge in [0.25, 0.3) is 0 Å². The van der Waals surface area contributed by atoms with Gasteiger partial charge in [-0.3, -0.25) is 0 Å². The third-order valence-electron chi connectivity index (χ3n) is 2.80. The molecule has 2 aromatic heterocycles. The first-order valence-electron chi connectivity index (χ1n) is 6.48. The highest BCUT2D eigenvalue weighted by molar-refractivity contribution is 7.12. The molecule has 0 fully saturated rings. The fraction of sp³-hybridized carbons (Fsp3) is 0.500. The summed E-state index contributed by atoms with van der Waals surface area (Å²) < 4.78 is 0. The van der Waals surface area contributed by atoms with E-state index >= 15 is 0 Å². The van der Waals surface area contributed by atoms with Gasteiger partial charge in [0.05, 0.1) is 6.04 Å². The van der Waals surface area contributed by atoms with E-state index in [0.29, 0.717) is 0 Å². The molecule has 0 aliphatic rings. The van der Waals surface area contributed by atoms with Gasteiger partial charge in [-0.1, -0.05) is 13.8 Å². The van der Waals surface area contributed by atoms with Crippen molar-refractivity contribution in [2.75, 3.05) is 6.54 Å². The van der Waals surface area contributed by atoms with Crippen molar-refractivity contribution >= 4 is 22.7 Å². The third-order valence-corrected chi connectivity index (χ3v) is 5.12. The minimum atomic E-state index is 0.272. The second-order valence-electron chi connectivity index (χ2n) is 4.37. The van der Waals surface area contributed by atoms with E-state index in [-0.39, 0.29) is 6.04 Å². The van der Waals surface area contributed by atoms with Crippen LogP contribution in [-0.2, 0) is 6.42 Å². The molecule has 2 rings (SSSR count). The predicted molar refractivity (Wildman–Crippen MR) is 80.7 cm³/mol. The molecule has 1 unspecified atom stereocenters. The molecule has 2 aromatic rings. The van der Waals surface area contributed by atoms with E-state index in [9.17, 15) is 0 Å².